The van der Waals surface area contributed by atoms with E-state index in [1.54, 1.807) is 6.20 Å². The van der Waals surface area contributed by atoms with Crippen LogP contribution in [0.15, 0.2) is 12.4 Å². The van der Waals surface area contributed by atoms with E-state index in [0.717, 1.165) is 18.8 Å². The average molecular weight is 178 g/mol. The third-order valence-corrected chi connectivity index (χ3v) is 1.98. The second-order valence-corrected chi connectivity index (χ2v) is 3.08. The molecule has 0 saturated heterocycles. The van der Waals surface area contributed by atoms with Crippen molar-refractivity contribution < 1.29 is 0 Å². The summed E-state index contributed by atoms with van der Waals surface area (Å²) in [6, 6.07) is 2.14. The summed E-state index contributed by atoms with van der Waals surface area (Å²) < 4.78 is 2.00. The summed E-state index contributed by atoms with van der Waals surface area (Å²) in [5.74, 6) is 0.965. The van der Waals surface area contributed by atoms with Gasteiger partial charge in [0.15, 0.2) is 0 Å². The van der Waals surface area contributed by atoms with Crippen LogP contribution in [-0.4, -0.2) is 15.6 Å². The molecule has 0 aliphatic rings. The van der Waals surface area contributed by atoms with Gasteiger partial charge in [-0.2, -0.15) is 5.26 Å². The molecule has 1 heterocycles. The minimum absolute atomic E-state index is 0.0487. The summed E-state index contributed by atoms with van der Waals surface area (Å²) in [4.78, 5) is 4.09. The molecule has 1 rings (SSSR count). The number of aryl methyl sites for hydroxylation is 1. The van der Waals surface area contributed by atoms with Crippen molar-refractivity contribution in [3.8, 4) is 6.07 Å². The van der Waals surface area contributed by atoms with Crippen LogP contribution in [0.5, 0.6) is 0 Å². The topological polar surface area (TPSA) is 67.6 Å². The Morgan fingerprint density at radius 3 is 3.08 bits per heavy atom. The summed E-state index contributed by atoms with van der Waals surface area (Å²) in [6.07, 6.45) is 4.93. The number of imidazole rings is 1. The SMILES string of the molecule is Cc1nccn1CC(N)CCC#N. The Hall–Kier alpha value is -1.34. The van der Waals surface area contributed by atoms with Crippen LogP contribution in [0.3, 0.4) is 0 Å². The lowest BCUT2D eigenvalue weighted by molar-refractivity contribution is 0.517. The van der Waals surface area contributed by atoms with Gasteiger partial charge in [0.2, 0.25) is 0 Å². The molecule has 0 aliphatic heterocycles. The highest BCUT2D eigenvalue weighted by atomic mass is 15.1. The second-order valence-electron chi connectivity index (χ2n) is 3.08. The summed E-state index contributed by atoms with van der Waals surface area (Å²) in [5.41, 5.74) is 5.82. The monoisotopic (exact) mass is 178 g/mol. The molecule has 0 radical (unpaired) electrons. The van der Waals surface area contributed by atoms with Crippen LogP contribution in [0, 0.1) is 18.3 Å². The van der Waals surface area contributed by atoms with Crippen LogP contribution in [-0.2, 0) is 6.54 Å². The van der Waals surface area contributed by atoms with Crippen LogP contribution in [0.1, 0.15) is 18.7 Å². The Bertz CT molecular complexity index is 297. The van der Waals surface area contributed by atoms with Crippen molar-refractivity contribution in [3.05, 3.63) is 18.2 Å². The summed E-state index contributed by atoms with van der Waals surface area (Å²) >= 11 is 0. The zero-order valence-corrected chi connectivity index (χ0v) is 7.77. The van der Waals surface area contributed by atoms with E-state index in [1.807, 2.05) is 17.7 Å². The van der Waals surface area contributed by atoms with Gasteiger partial charge in [0, 0.05) is 31.4 Å². The van der Waals surface area contributed by atoms with Gasteiger partial charge < -0.3 is 10.3 Å². The summed E-state index contributed by atoms with van der Waals surface area (Å²) in [5, 5.41) is 8.37. The van der Waals surface area contributed by atoms with E-state index in [-0.39, 0.29) is 6.04 Å². The molecule has 0 fully saturated rings. The number of aromatic nitrogens is 2. The van der Waals surface area contributed by atoms with Crippen molar-refractivity contribution in [1.82, 2.24) is 9.55 Å². The highest BCUT2D eigenvalue weighted by Crippen LogP contribution is 2.00. The van der Waals surface area contributed by atoms with Crippen LogP contribution < -0.4 is 5.73 Å². The van der Waals surface area contributed by atoms with Gasteiger partial charge >= 0.3 is 0 Å². The number of nitrogens with two attached hydrogens (primary N) is 1. The highest BCUT2D eigenvalue weighted by molar-refractivity contribution is 4.89. The molecule has 0 aromatic carbocycles. The number of nitrogens with zero attached hydrogens (tertiary/aromatic N) is 3. The van der Waals surface area contributed by atoms with Crippen LogP contribution in [0.4, 0.5) is 0 Å². The van der Waals surface area contributed by atoms with E-state index in [4.69, 9.17) is 11.0 Å². The fraction of sp³-hybridized carbons (Fsp3) is 0.556. The van der Waals surface area contributed by atoms with Crippen molar-refractivity contribution in [2.75, 3.05) is 0 Å². The molecule has 1 aromatic heterocycles. The lowest BCUT2D eigenvalue weighted by Gasteiger charge is -2.11. The lowest BCUT2D eigenvalue weighted by Crippen LogP contribution is -2.26. The third kappa shape index (κ3) is 2.88. The molecule has 4 heteroatoms. The van der Waals surface area contributed by atoms with E-state index in [2.05, 4.69) is 11.1 Å². The quantitative estimate of drug-likeness (QED) is 0.742. The predicted molar refractivity (Wildman–Crippen MR) is 49.8 cm³/mol. The molecular weight excluding hydrogens is 164 g/mol. The van der Waals surface area contributed by atoms with Crippen molar-refractivity contribution >= 4 is 0 Å². The molecule has 1 atom stereocenters. The van der Waals surface area contributed by atoms with E-state index in [0.29, 0.717) is 6.42 Å². The Labute approximate surface area is 78.0 Å². The highest BCUT2D eigenvalue weighted by Gasteiger charge is 2.04. The van der Waals surface area contributed by atoms with Crippen molar-refractivity contribution in [3.63, 3.8) is 0 Å². The van der Waals surface area contributed by atoms with Crippen molar-refractivity contribution in [1.29, 1.82) is 5.26 Å². The largest absolute Gasteiger partial charge is 0.334 e. The van der Waals surface area contributed by atoms with E-state index < -0.39 is 0 Å². The summed E-state index contributed by atoms with van der Waals surface area (Å²) in [6.45, 7) is 2.69. The number of hydrogen-bond acceptors (Lipinski definition) is 3. The molecule has 2 N–H and O–H groups in total. The van der Waals surface area contributed by atoms with E-state index in [1.165, 1.54) is 0 Å². The molecule has 0 spiro atoms. The molecule has 4 nitrogen and oxygen atoms in total. The molecular formula is C9H14N4. The molecule has 0 saturated carbocycles. The Morgan fingerprint density at radius 2 is 2.54 bits per heavy atom. The van der Waals surface area contributed by atoms with Gasteiger partial charge in [0.05, 0.1) is 6.07 Å². The normalized spacial score (nSPS) is 12.4. The van der Waals surface area contributed by atoms with Crippen LogP contribution in [0.2, 0.25) is 0 Å². The van der Waals surface area contributed by atoms with Gasteiger partial charge in [-0.05, 0) is 13.3 Å². The first kappa shape index (κ1) is 9.75. The van der Waals surface area contributed by atoms with Gasteiger partial charge in [-0.3, -0.25) is 0 Å². The maximum atomic E-state index is 8.37. The first-order valence-corrected chi connectivity index (χ1v) is 4.34. The number of rotatable bonds is 4. The van der Waals surface area contributed by atoms with E-state index in [9.17, 15) is 0 Å². The molecule has 0 bridgehead atoms. The molecule has 1 unspecified atom stereocenters. The third-order valence-electron chi connectivity index (χ3n) is 1.98. The Balaban J connectivity index is 2.41. The number of hydrogen-bond donors (Lipinski definition) is 1. The first-order chi connectivity index (χ1) is 6.24. The average Bonchev–Trinajstić information content (AvgIpc) is 2.48. The fourth-order valence-corrected chi connectivity index (χ4v) is 1.19. The van der Waals surface area contributed by atoms with Crippen molar-refractivity contribution in [2.24, 2.45) is 5.73 Å². The standard InChI is InChI=1S/C9H14N4/c1-8-12-5-6-13(8)7-9(11)3-2-4-10/h5-6,9H,2-3,7,11H2,1H3. The van der Waals surface area contributed by atoms with Crippen LogP contribution >= 0.6 is 0 Å². The Morgan fingerprint density at radius 1 is 1.77 bits per heavy atom. The fourth-order valence-electron chi connectivity index (χ4n) is 1.19. The van der Waals surface area contributed by atoms with Gasteiger partial charge in [-0.1, -0.05) is 0 Å². The minimum Gasteiger partial charge on any atom is -0.334 e. The predicted octanol–water partition coefficient (Wildman–Crippen LogP) is 0.823. The maximum absolute atomic E-state index is 8.37. The molecule has 13 heavy (non-hydrogen) atoms. The van der Waals surface area contributed by atoms with Gasteiger partial charge in [0.1, 0.15) is 5.82 Å². The smallest absolute Gasteiger partial charge is 0.105 e. The van der Waals surface area contributed by atoms with Crippen molar-refractivity contribution in [2.45, 2.75) is 32.4 Å². The van der Waals surface area contributed by atoms with Gasteiger partial charge in [0.25, 0.3) is 0 Å². The Kier molecular flexibility index (Phi) is 3.47. The van der Waals surface area contributed by atoms with Gasteiger partial charge in [-0.25, -0.2) is 4.98 Å². The zero-order valence-electron chi connectivity index (χ0n) is 7.77. The van der Waals surface area contributed by atoms with Gasteiger partial charge in [-0.15, -0.1) is 0 Å². The summed E-state index contributed by atoms with van der Waals surface area (Å²) in [7, 11) is 0. The zero-order chi connectivity index (χ0) is 9.68. The molecule has 70 valence electrons. The second kappa shape index (κ2) is 4.63. The molecule has 0 amide bonds. The molecule has 0 aliphatic carbocycles. The number of nitriles is 1. The maximum Gasteiger partial charge on any atom is 0.105 e. The van der Waals surface area contributed by atoms with Crippen LogP contribution in [0.25, 0.3) is 0 Å². The van der Waals surface area contributed by atoms with E-state index >= 15 is 0 Å². The molecule has 1 aromatic rings. The lowest BCUT2D eigenvalue weighted by atomic mass is 10.2. The minimum atomic E-state index is 0.0487. The first-order valence-electron chi connectivity index (χ1n) is 4.34.